The van der Waals surface area contributed by atoms with E-state index in [1.807, 2.05) is 0 Å². The van der Waals surface area contributed by atoms with Crippen LogP contribution >= 0.6 is 0 Å². The van der Waals surface area contributed by atoms with Crippen LogP contribution in [0.4, 0.5) is 0 Å². The fourth-order valence-electron chi connectivity index (χ4n) is 2.03. The number of carbonyl (C=O) groups is 2. The maximum Gasteiger partial charge on any atom is 0.307 e. The third-order valence-electron chi connectivity index (χ3n) is 3.41. The molecular formula is C14H25NO4. The van der Waals surface area contributed by atoms with Crippen molar-refractivity contribution >= 4 is 11.9 Å². The number of hydrogen-bond acceptors (Lipinski definition) is 3. The van der Waals surface area contributed by atoms with Crippen LogP contribution in [-0.2, 0) is 9.59 Å². The highest BCUT2D eigenvalue weighted by molar-refractivity contribution is 5.80. The molecule has 0 saturated heterocycles. The molecule has 1 aliphatic rings. The van der Waals surface area contributed by atoms with Crippen molar-refractivity contribution in [1.29, 1.82) is 0 Å². The van der Waals surface area contributed by atoms with E-state index in [2.05, 4.69) is 25.7 Å². The molecule has 0 amide bonds. The molecule has 0 aromatic heterocycles. The van der Waals surface area contributed by atoms with Gasteiger partial charge in [0.1, 0.15) is 0 Å². The van der Waals surface area contributed by atoms with Gasteiger partial charge in [0.05, 0.1) is 11.8 Å². The zero-order valence-corrected chi connectivity index (χ0v) is 12.0. The molecule has 5 heteroatoms. The van der Waals surface area contributed by atoms with Crippen molar-refractivity contribution in [3.05, 3.63) is 12.2 Å². The molecule has 0 radical (unpaired) electrons. The Hall–Kier alpha value is -1.36. The molecular weight excluding hydrogens is 246 g/mol. The van der Waals surface area contributed by atoms with E-state index in [0.29, 0.717) is 12.8 Å². The fraction of sp³-hybridized carbons (Fsp3) is 0.714. The molecule has 110 valence electrons. The van der Waals surface area contributed by atoms with Crippen molar-refractivity contribution in [3.8, 4) is 0 Å². The Labute approximate surface area is 114 Å². The van der Waals surface area contributed by atoms with Crippen LogP contribution in [0, 0.1) is 11.8 Å². The van der Waals surface area contributed by atoms with Crippen LogP contribution in [0.5, 0.6) is 0 Å². The Bertz CT molecular complexity index is 281. The quantitative estimate of drug-likeness (QED) is 0.749. The predicted molar refractivity (Wildman–Crippen MR) is 74.1 cm³/mol. The van der Waals surface area contributed by atoms with Gasteiger partial charge in [-0.3, -0.25) is 9.59 Å². The van der Waals surface area contributed by atoms with Gasteiger partial charge in [0.15, 0.2) is 0 Å². The Morgan fingerprint density at radius 1 is 0.947 bits per heavy atom. The normalized spacial score (nSPS) is 21.7. The molecule has 2 unspecified atom stereocenters. The summed E-state index contributed by atoms with van der Waals surface area (Å²) in [6.07, 6.45) is 4.09. The first-order chi connectivity index (χ1) is 8.97. The zero-order valence-electron chi connectivity index (χ0n) is 12.0. The average molecular weight is 271 g/mol. The van der Waals surface area contributed by atoms with Gasteiger partial charge in [-0.05, 0) is 32.5 Å². The summed E-state index contributed by atoms with van der Waals surface area (Å²) in [5.41, 5.74) is 0. The van der Waals surface area contributed by atoms with E-state index in [0.717, 1.165) is 0 Å². The minimum Gasteiger partial charge on any atom is -0.481 e. The van der Waals surface area contributed by atoms with Gasteiger partial charge in [-0.15, -0.1) is 0 Å². The monoisotopic (exact) mass is 271 g/mol. The second-order valence-corrected chi connectivity index (χ2v) is 4.45. The standard InChI is InChI=1S/C8H10O4.C6H15N/c9-7(10)5-3-1-2-4-6(5)8(11)12;1-4-7(5-2)6-3/h1-2,5-6H,3-4H2,(H,9,10)(H,11,12);4-6H2,1-3H3. The van der Waals surface area contributed by atoms with E-state index < -0.39 is 23.8 Å². The van der Waals surface area contributed by atoms with Crippen LogP contribution in [-0.4, -0.2) is 46.7 Å². The molecule has 1 aliphatic carbocycles. The van der Waals surface area contributed by atoms with Crippen molar-refractivity contribution < 1.29 is 19.8 Å². The molecule has 0 aliphatic heterocycles. The molecule has 1 rings (SSSR count). The number of allylic oxidation sites excluding steroid dienone is 2. The minimum absolute atomic E-state index is 0.326. The lowest BCUT2D eigenvalue weighted by Crippen LogP contribution is -2.30. The maximum atomic E-state index is 10.6. The van der Waals surface area contributed by atoms with Crippen LogP contribution < -0.4 is 0 Å². The van der Waals surface area contributed by atoms with Crippen molar-refractivity contribution in [3.63, 3.8) is 0 Å². The van der Waals surface area contributed by atoms with Gasteiger partial charge in [0.25, 0.3) is 0 Å². The lowest BCUT2D eigenvalue weighted by molar-refractivity contribution is -0.153. The molecule has 0 heterocycles. The largest absolute Gasteiger partial charge is 0.481 e. The predicted octanol–water partition coefficient (Wildman–Crippen LogP) is 2.09. The number of carboxylic acid groups (broad SMARTS) is 2. The lowest BCUT2D eigenvalue weighted by Gasteiger charge is -2.20. The van der Waals surface area contributed by atoms with E-state index in [1.54, 1.807) is 12.2 Å². The molecule has 19 heavy (non-hydrogen) atoms. The number of rotatable bonds is 5. The Balaban J connectivity index is 0.000000399. The second kappa shape index (κ2) is 9.55. The van der Waals surface area contributed by atoms with Gasteiger partial charge >= 0.3 is 11.9 Å². The molecule has 5 nitrogen and oxygen atoms in total. The summed E-state index contributed by atoms with van der Waals surface area (Å²) in [5, 5.41) is 17.3. The first-order valence-corrected chi connectivity index (χ1v) is 6.80. The lowest BCUT2D eigenvalue weighted by atomic mass is 9.83. The van der Waals surface area contributed by atoms with Crippen molar-refractivity contribution in [2.45, 2.75) is 33.6 Å². The topological polar surface area (TPSA) is 77.8 Å². The number of carboxylic acids is 2. The van der Waals surface area contributed by atoms with Gasteiger partial charge in [0, 0.05) is 0 Å². The summed E-state index contributed by atoms with van der Waals surface area (Å²) in [6.45, 7) is 10.1. The minimum atomic E-state index is -1.02. The highest BCUT2D eigenvalue weighted by Crippen LogP contribution is 2.25. The molecule has 0 spiro atoms. The molecule has 0 aromatic carbocycles. The van der Waals surface area contributed by atoms with Crippen LogP contribution in [0.25, 0.3) is 0 Å². The first kappa shape index (κ1) is 17.6. The van der Waals surface area contributed by atoms with Crippen molar-refractivity contribution in [1.82, 2.24) is 4.90 Å². The van der Waals surface area contributed by atoms with E-state index >= 15 is 0 Å². The highest BCUT2D eigenvalue weighted by Gasteiger charge is 2.33. The summed E-state index contributed by atoms with van der Waals surface area (Å²) >= 11 is 0. The third kappa shape index (κ3) is 6.38. The summed E-state index contributed by atoms with van der Waals surface area (Å²) in [5.74, 6) is -3.56. The Morgan fingerprint density at radius 2 is 1.26 bits per heavy atom. The number of aliphatic carboxylic acids is 2. The van der Waals surface area contributed by atoms with Crippen molar-refractivity contribution in [2.24, 2.45) is 11.8 Å². The van der Waals surface area contributed by atoms with Crippen LogP contribution in [0.2, 0.25) is 0 Å². The van der Waals surface area contributed by atoms with Gasteiger partial charge in [-0.25, -0.2) is 0 Å². The van der Waals surface area contributed by atoms with Crippen molar-refractivity contribution in [2.75, 3.05) is 19.6 Å². The number of hydrogen-bond donors (Lipinski definition) is 2. The van der Waals surface area contributed by atoms with E-state index in [1.165, 1.54) is 19.6 Å². The summed E-state index contributed by atoms with van der Waals surface area (Å²) < 4.78 is 0. The summed E-state index contributed by atoms with van der Waals surface area (Å²) in [6, 6.07) is 0. The van der Waals surface area contributed by atoms with Gasteiger partial charge in [-0.1, -0.05) is 32.9 Å². The zero-order chi connectivity index (χ0) is 14.8. The van der Waals surface area contributed by atoms with E-state index in [4.69, 9.17) is 10.2 Å². The molecule has 2 N–H and O–H groups in total. The number of nitrogens with zero attached hydrogens (tertiary/aromatic N) is 1. The molecule has 0 saturated carbocycles. The molecule has 0 fully saturated rings. The smallest absolute Gasteiger partial charge is 0.307 e. The summed E-state index contributed by atoms with van der Waals surface area (Å²) in [7, 11) is 0. The molecule has 2 atom stereocenters. The molecule has 0 bridgehead atoms. The third-order valence-corrected chi connectivity index (χ3v) is 3.41. The Kier molecular flexibility index (Phi) is 8.87. The molecule has 0 aromatic rings. The fourth-order valence-corrected chi connectivity index (χ4v) is 2.03. The van der Waals surface area contributed by atoms with Gasteiger partial charge in [0.2, 0.25) is 0 Å². The highest BCUT2D eigenvalue weighted by atomic mass is 16.4. The van der Waals surface area contributed by atoms with E-state index in [9.17, 15) is 9.59 Å². The van der Waals surface area contributed by atoms with Crippen LogP contribution in [0.15, 0.2) is 12.2 Å². The van der Waals surface area contributed by atoms with E-state index in [-0.39, 0.29) is 0 Å². The summed E-state index contributed by atoms with van der Waals surface area (Å²) in [4.78, 5) is 23.5. The Morgan fingerprint density at radius 3 is 1.42 bits per heavy atom. The maximum absolute atomic E-state index is 10.6. The second-order valence-electron chi connectivity index (χ2n) is 4.45. The van der Waals surface area contributed by atoms with Crippen LogP contribution in [0.3, 0.4) is 0 Å². The van der Waals surface area contributed by atoms with Crippen LogP contribution in [0.1, 0.15) is 33.6 Å². The average Bonchev–Trinajstić information content (AvgIpc) is 2.41. The van der Waals surface area contributed by atoms with Gasteiger partial charge in [-0.2, -0.15) is 0 Å². The SMILES string of the molecule is CCN(CC)CC.O=C(O)C1CC=CCC1C(=O)O. The van der Waals surface area contributed by atoms with Gasteiger partial charge < -0.3 is 15.1 Å². The first-order valence-electron chi connectivity index (χ1n) is 6.80.